The summed E-state index contributed by atoms with van der Waals surface area (Å²) in [7, 11) is 0. The van der Waals surface area contributed by atoms with Gasteiger partial charge in [-0.1, -0.05) is 72.8 Å². The van der Waals surface area contributed by atoms with Gasteiger partial charge in [-0.3, -0.25) is 14.4 Å². The van der Waals surface area contributed by atoms with Crippen molar-refractivity contribution in [2.24, 2.45) is 11.8 Å². The van der Waals surface area contributed by atoms with Gasteiger partial charge in [0, 0.05) is 38.5 Å². The molecule has 8 heteroatoms. The van der Waals surface area contributed by atoms with Crippen molar-refractivity contribution in [3.63, 3.8) is 0 Å². The number of hydrogen-bond acceptors (Lipinski definition) is 5. The normalized spacial score (nSPS) is 30.2. The Morgan fingerprint density at radius 3 is 2.37 bits per heavy atom. The average Bonchev–Trinajstić information content (AvgIpc) is 3.25. The number of carbonyl (C=O) groups is 3. The first-order valence-electron chi connectivity index (χ1n) is 13.2. The molecule has 5 atom stereocenters. The molecular formula is C30H31N3O5. The monoisotopic (exact) mass is 513 g/mol. The van der Waals surface area contributed by atoms with Crippen molar-refractivity contribution in [2.75, 3.05) is 31.1 Å². The van der Waals surface area contributed by atoms with Crippen LogP contribution in [0.25, 0.3) is 0 Å². The molecule has 38 heavy (non-hydrogen) atoms. The van der Waals surface area contributed by atoms with Crippen molar-refractivity contribution < 1.29 is 24.2 Å². The van der Waals surface area contributed by atoms with Gasteiger partial charge >= 0.3 is 0 Å². The topological polar surface area (TPSA) is 90.4 Å². The second kappa shape index (κ2) is 9.85. The molecule has 0 radical (unpaired) electrons. The molecule has 4 heterocycles. The number of ether oxygens (including phenoxy) is 1. The summed E-state index contributed by atoms with van der Waals surface area (Å²) in [4.78, 5) is 47.3. The number of amides is 3. The van der Waals surface area contributed by atoms with E-state index in [0.29, 0.717) is 26.1 Å². The minimum absolute atomic E-state index is 0.109. The van der Waals surface area contributed by atoms with Crippen LogP contribution in [-0.2, 0) is 25.7 Å². The molecule has 1 spiro atoms. The highest BCUT2D eigenvalue weighted by molar-refractivity contribution is 6.03. The molecule has 2 fully saturated rings. The fraction of sp³-hybridized carbons (Fsp3) is 0.367. The maximum absolute atomic E-state index is 14.2. The second-order valence-electron chi connectivity index (χ2n) is 10.3. The molecule has 3 amide bonds. The first-order valence-corrected chi connectivity index (χ1v) is 13.2. The number of aliphatic hydroxyl groups excluding tert-OH is 1. The summed E-state index contributed by atoms with van der Waals surface area (Å²) in [6.07, 6.45) is 7.23. The minimum Gasteiger partial charge on any atom is -0.396 e. The Labute approximate surface area is 221 Å². The summed E-state index contributed by atoms with van der Waals surface area (Å²) >= 11 is 0. The van der Waals surface area contributed by atoms with Crippen LogP contribution in [0.4, 0.5) is 5.69 Å². The molecule has 0 saturated carbocycles. The van der Waals surface area contributed by atoms with Crippen LogP contribution in [-0.4, -0.2) is 76.6 Å². The van der Waals surface area contributed by atoms with Crippen LogP contribution in [0.15, 0.2) is 85.0 Å². The third-order valence-corrected chi connectivity index (χ3v) is 8.08. The van der Waals surface area contributed by atoms with Crippen LogP contribution >= 0.6 is 0 Å². The highest BCUT2D eigenvalue weighted by atomic mass is 16.5. The Hall–Kier alpha value is -3.75. The number of nitrogens with zero attached hydrogens (tertiary/aromatic N) is 3. The number of likely N-dealkylation sites (tertiary alicyclic amines) is 1. The van der Waals surface area contributed by atoms with E-state index < -0.39 is 29.6 Å². The summed E-state index contributed by atoms with van der Waals surface area (Å²) in [6.45, 7) is 1.26. The molecule has 1 unspecified atom stereocenters. The summed E-state index contributed by atoms with van der Waals surface area (Å²) in [5.41, 5.74) is 0.482. The predicted molar refractivity (Wildman–Crippen MR) is 141 cm³/mol. The molecule has 0 aliphatic carbocycles. The van der Waals surface area contributed by atoms with Gasteiger partial charge < -0.3 is 24.5 Å². The number of hydrogen-bond donors (Lipinski definition) is 1. The Morgan fingerprint density at radius 1 is 0.895 bits per heavy atom. The van der Waals surface area contributed by atoms with Gasteiger partial charge in [0.1, 0.15) is 11.6 Å². The molecule has 1 N–H and O–H groups in total. The molecular weight excluding hydrogens is 482 g/mol. The molecule has 2 aromatic rings. The summed E-state index contributed by atoms with van der Waals surface area (Å²) in [5.74, 6) is -2.27. The van der Waals surface area contributed by atoms with Gasteiger partial charge in [-0.05, 0) is 24.1 Å². The smallest absolute Gasteiger partial charge is 0.249 e. The van der Waals surface area contributed by atoms with E-state index in [1.54, 1.807) is 14.7 Å². The van der Waals surface area contributed by atoms with Crippen LogP contribution in [0.2, 0.25) is 0 Å². The lowest BCUT2D eigenvalue weighted by atomic mass is 9.77. The lowest BCUT2D eigenvalue weighted by Gasteiger charge is -2.35. The zero-order valence-electron chi connectivity index (χ0n) is 21.1. The fourth-order valence-electron chi connectivity index (χ4n) is 6.45. The third-order valence-electron chi connectivity index (χ3n) is 8.08. The summed E-state index contributed by atoms with van der Waals surface area (Å²) in [6, 6.07) is 18.2. The maximum atomic E-state index is 14.2. The van der Waals surface area contributed by atoms with E-state index in [1.165, 1.54) is 0 Å². The highest BCUT2D eigenvalue weighted by Crippen LogP contribution is 2.53. The lowest BCUT2D eigenvalue weighted by molar-refractivity contribution is -0.147. The number of fused-ring (bicyclic) bond motifs is 2. The van der Waals surface area contributed by atoms with Crippen LogP contribution in [0.1, 0.15) is 12.0 Å². The van der Waals surface area contributed by atoms with Gasteiger partial charge in [-0.2, -0.15) is 0 Å². The van der Waals surface area contributed by atoms with E-state index in [2.05, 4.69) is 0 Å². The lowest BCUT2D eigenvalue weighted by Crippen LogP contribution is -2.55. The van der Waals surface area contributed by atoms with Crippen molar-refractivity contribution in [3.8, 4) is 0 Å². The Morgan fingerprint density at radius 2 is 1.63 bits per heavy atom. The second-order valence-corrected chi connectivity index (χ2v) is 10.3. The van der Waals surface area contributed by atoms with Gasteiger partial charge in [-0.15, -0.1) is 0 Å². The van der Waals surface area contributed by atoms with Crippen LogP contribution in [0.3, 0.4) is 0 Å². The molecule has 2 aromatic carbocycles. The van der Waals surface area contributed by atoms with E-state index >= 15 is 0 Å². The largest absolute Gasteiger partial charge is 0.396 e. The molecule has 6 rings (SSSR count). The van der Waals surface area contributed by atoms with E-state index in [1.807, 2.05) is 85.0 Å². The van der Waals surface area contributed by atoms with Gasteiger partial charge in [0.15, 0.2) is 0 Å². The molecule has 0 aromatic heterocycles. The highest BCUT2D eigenvalue weighted by Gasteiger charge is 2.71. The minimum atomic E-state index is -1.26. The summed E-state index contributed by atoms with van der Waals surface area (Å²) in [5, 5.41) is 9.56. The first kappa shape index (κ1) is 24.6. The maximum Gasteiger partial charge on any atom is 0.249 e. The van der Waals surface area contributed by atoms with Crippen molar-refractivity contribution in [3.05, 3.63) is 90.5 Å². The average molecular weight is 514 g/mol. The molecule has 4 aliphatic heterocycles. The van der Waals surface area contributed by atoms with Crippen LogP contribution in [0.5, 0.6) is 0 Å². The van der Waals surface area contributed by atoms with Crippen LogP contribution < -0.4 is 4.90 Å². The van der Waals surface area contributed by atoms with Crippen molar-refractivity contribution in [1.82, 2.24) is 9.80 Å². The van der Waals surface area contributed by atoms with Gasteiger partial charge in [0.05, 0.1) is 17.9 Å². The first-order chi connectivity index (χ1) is 18.5. The van der Waals surface area contributed by atoms with Gasteiger partial charge in [0.25, 0.3) is 0 Å². The fourth-order valence-corrected chi connectivity index (χ4v) is 6.45. The number of para-hydroxylation sites is 1. The van der Waals surface area contributed by atoms with E-state index in [0.717, 1.165) is 11.3 Å². The molecule has 8 nitrogen and oxygen atoms in total. The SMILES string of the molecule is O=C1C2N(CCCO)C(=O)[C@@H]3[C@H]4C(=O)N(c5ccccc5)CC=C[C@H]4O[C@]23C=CCN1Cc1ccccc1. The molecule has 196 valence electrons. The van der Waals surface area contributed by atoms with Crippen molar-refractivity contribution in [1.29, 1.82) is 0 Å². The summed E-state index contributed by atoms with van der Waals surface area (Å²) < 4.78 is 6.65. The zero-order valence-corrected chi connectivity index (χ0v) is 21.1. The Bertz CT molecular complexity index is 1280. The van der Waals surface area contributed by atoms with Crippen molar-refractivity contribution in [2.45, 2.75) is 30.7 Å². The Kier molecular flexibility index (Phi) is 6.37. The van der Waals surface area contributed by atoms with E-state index in [-0.39, 0.29) is 30.9 Å². The third kappa shape index (κ3) is 3.87. The number of benzene rings is 2. The number of anilines is 1. The van der Waals surface area contributed by atoms with Gasteiger partial charge in [0.2, 0.25) is 17.7 Å². The number of carbonyl (C=O) groups excluding carboxylic acids is 3. The van der Waals surface area contributed by atoms with E-state index in [9.17, 15) is 19.5 Å². The van der Waals surface area contributed by atoms with E-state index in [4.69, 9.17) is 4.74 Å². The quantitative estimate of drug-likeness (QED) is 0.598. The zero-order chi connectivity index (χ0) is 26.3. The molecule has 4 aliphatic rings. The standard InChI is InChI=1S/C30H31N3O5/c34-19-9-18-33-26-29(37)31(20-21-10-3-1-4-11-21)16-8-15-30(26)25(28(33)36)24-23(38-30)14-7-17-32(27(24)35)22-12-5-2-6-13-22/h1-8,10-15,23-26,34H,9,16-20H2/t23-,24+,25+,26?,30+/m1/s1. The van der Waals surface area contributed by atoms with Crippen molar-refractivity contribution >= 4 is 23.4 Å². The van der Waals surface area contributed by atoms with Crippen LogP contribution in [0, 0.1) is 11.8 Å². The Balaban J connectivity index is 1.40. The number of rotatable bonds is 6. The predicted octanol–water partition coefficient (Wildman–Crippen LogP) is 2.15. The van der Waals surface area contributed by atoms with Gasteiger partial charge in [-0.25, -0.2) is 0 Å². The number of aliphatic hydroxyl groups is 1. The molecule has 0 bridgehead atoms. The molecule has 2 saturated heterocycles.